The van der Waals surface area contributed by atoms with Crippen LogP contribution in [0.3, 0.4) is 0 Å². The second-order valence-corrected chi connectivity index (χ2v) is 5.19. The molecule has 118 valence electrons. The van der Waals surface area contributed by atoms with Gasteiger partial charge >= 0.3 is 0 Å². The quantitative estimate of drug-likeness (QED) is 0.799. The van der Waals surface area contributed by atoms with Gasteiger partial charge in [0.1, 0.15) is 0 Å². The van der Waals surface area contributed by atoms with Gasteiger partial charge in [-0.2, -0.15) is 0 Å². The van der Waals surface area contributed by atoms with Gasteiger partial charge in [0.05, 0.1) is 0 Å². The predicted molar refractivity (Wildman–Crippen MR) is 94.6 cm³/mol. The van der Waals surface area contributed by atoms with Crippen molar-refractivity contribution in [2.75, 3.05) is 12.3 Å². The highest BCUT2D eigenvalue weighted by atomic mass is 35.5. The zero-order valence-electron chi connectivity index (χ0n) is 12.8. The van der Waals surface area contributed by atoms with Crippen molar-refractivity contribution < 1.29 is 4.79 Å². The van der Waals surface area contributed by atoms with Crippen LogP contribution in [0.1, 0.15) is 34.8 Å². The number of nitrogens with two attached hydrogens (primary N) is 1. The topological polar surface area (TPSA) is 55.1 Å². The zero-order valence-corrected chi connectivity index (χ0v) is 13.7. The van der Waals surface area contributed by atoms with Gasteiger partial charge in [0, 0.05) is 17.8 Å². The van der Waals surface area contributed by atoms with Crippen molar-refractivity contribution in [3.05, 3.63) is 65.2 Å². The Bertz CT molecular complexity index is 579. The van der Waals surface area contributed by atoms with Crippen LogP contribution in [0.5, 0.6) is 0 Å². The Kier molecular flexibility index (Phi) is 7.47. The molecule has 0 unspecified atom stereocenters. The van der Waals surface area contributed by atoms with Gasteiger partial charge in [0.15, 0.2) is 0 Å². The molecular weight excluding hydrogens is 296 g/mol. The Balaban J connectivity index is 0.00000242. The van der Waals surface area contributed by atoms with Crippen molar-refractivity contribution in [3.63, 3.8) is 0 Å². The third kappa shape index (κ3) is 5.41. The number of nitrogen functional groups attached to an aromatic ring is 1. The summed E-state index contributed by atoms with van der Waals surface area (Å²) in [5, 5.41) is 2.94. The number of halogens is 1. The number of benzene rings is 2. The summed E-state index contributed by atoms with van der Waals surface area (Å²) in [7, 11) is 0. The minimum atomic E-state index is -0.0199. The van der Waals surface area contributed by atoms with Gasteiger partial charge in [-0.15, -0.1) is 12.4 Å². The molecule has 0 spiro atoms. The number of amides is 1. The normalized spacial score (nSPS) is 9.86. The highest BCUT2D eigenvalue weighted by Crippen LogP contribution is 2.08. The van der Waals surface area contributed by atoms with Gasteiger partial charge < -0.3 is 11.1 Å². The fourth-order valence-corrected chi connectivity index (χ4v) is 2.22. The van der Waals surface area contributed by atoms with Gasteiger partial charge in [-0.05, 0) is 48.2 Å². The molecule has 22 heavy (non-hydrogen) atoms. The number of anilines is 1. The lowest BCUT2D eigenvalue weighted by atomic mass is 10.1. The van der Waals surface area contributed by atoms with Crippen molar-refractivity contribution in [1.29, 1.82) is 0 Å². The zero-order chi connectivity index (χ0) is 15.1. The molecule has 0 aliphatic heterocycles. The molecule has 0 aromatic heterocycles. The van der Waals surface area contributed by atoms with Crippen molar-refractivity contribution in [2.45, 2.75) is 26.2 Å². The second kappa shape index (κ2) is 9.11. The molecule has 1 amide bonds. The van der Waals surface area contributed by atoms with Gasteiger partial charge in [-0.3, -0.25) is 4.79 Å². The van der Waals surface area contributed by atoms with Crippen LogP contribution in [0.4, 0.5) is 5.69 Å². The van der Waals surface area contributed by atoms with E-state index in [0.717, 1.165) is 24.9 Å². The Morgan fingerprint density at radius 1 is 0.955 bits per heavy atom. The minimum absolute atomic E-state index is 0. The van der Waals surface area contributed by atoms with E-state index in [0.29, 0.717) is 12.1 Å². The first-order chi connectivity index (χ1) is 10.2. The summed E-state index contributed by atoms with van der Waals surface area (Å²) in [6.45, 7) is 2.78. The van der Waals surface area contributed by atoms with E-state index in [-0.39, 0.29) is 18.3 Å². The number of nitrogens with one attached hydrogen (secondary N) is 1. The SMILES string of the molecule is CCCc1ccc(C(=O)NCCc2ccc(N)cc2)cc1.Cl. The average molecular weight is 319 g/mol. The smallest absolute Gasteiger partial charge is 0.251 e. The third-order valence-corrected chi connectivity index (χ3v) is 3.43. The molecule has 0 atom stereocenters. The molecule has 0 saturated carbocycles. The Morgan fingerprint density at radius 2 is 1.50 bits per heavy atom. The molecule has 0 fully saturated rings. The van der Waals surface area contributed by atoms with Crippen LogP contribution in [-0.2, 0) is 12.8 Å². The number of aryl methyl sites for hydroxylation is 1. The van der Waals surface area contributed by atoms with E-state index in [9.17, 15) is 4.79 Å². The van der Waals surface area contributed by atoms with E-state index in [2.05, 4.69) is 12.2 Å². The number of hydrogen-bond acceptors (Lipinski definition) is 2. The highest BCUT2D eigenvalue weighted by molar-refractivity contribution is 5.94. The van der Waals surface area contributed by atoms with Crippen molar-refractivity contribution in [1.82, 2.24) is 5.32 Å². The molecular formula is C18H23ClN2O. The van der Waals surface area contributed by atoms with Gasteiger partial charge in [-0.1, -0.05) is 37.6 Å². The van der Waals surface area contributed by atoms with E-state index in [1.165, 1.54) is 11.1 Å². The van der Waals surface area contributed by atoms with Crippen LogP contribution < -0.4 is 11.1 Å². The fourth-order valence-electron chi connectivity index (χ4n) is 2.22. The first-order valence-corrected chi connectivity index (χ1v) is 7.40. The number of carbonyl (C=O) groups excluding carboxylic acids is 1. The van der Waals surface area contributed by atoms with Crippen molar-refractivity contribution in [2.24, 2.45) is 0 Å². The fraction of sp³-hybridized carbons (Fsp3) is 0.278. The molecule has 0 heterocycles. The maximum Gasteiger partial charge on any atom is 0.251 e. The Labute approximate surface area is 138 Å². The predicted octanol–water partition coefficient (Wildman–Crippen LogP) is 3.62. The molecule has 2 rings (SSSR count). The molecule has 2 aromatic rings. The monoisotopic (exact) mass is 318 g/mol. The van der Waals surface area contributed by atoms with Crippen LogP contribution in [0.2, 0.25) is 0 Å². The van der Waals surface area contributed by atoms with Crippen LogP contribution in [0.15, 0.2) is 48.5 Å². The van der Waals surface area contributed by atoms with Crippen LogP contribution >= 0.6 is 12.4 Å². The Morgan fingerprint density at radius 3 is 2.09 bits per heavy atom. The summed E-state index contributed by atoms with van der Waals surface area (Å²) in [4.78, 5) is 12.0. The highest BCUT2D eigenvalue weighted by Gasteiger charge is 2.04. The number of rotatable bonds is 6. The molecule has 0 radical (unpaired) electrons. The molecule has 0 saturated heterocycles. The first kappa shape index (κ1) is 18.1. The van der Waals surface area contributed by atoms with Crippen molar-refractivity contribution >= 4 is 24.0 Å². The maximum atomic E-state index is 12.0. The molecule has 3 N–H and O–H groups in total. The van der Waals surface area contributed by atoms with Gasteiger partial charge in [0.2, 0.25) is 0 Å². The summed E-state index contributed by atoms with van der Waals surface area (Å²) >= 11 is 0. The standard InChI is InChI=1S/C18H22N2O.ClH/c1-2-3-14-4-8-16(9-5-14)18(21)20-13-12-15-6-10-17(19)11-7-15;/h4-11H,2-3,12-13,19H2,1H3,(H,20,21);1H. The average Bonchev–Trinajstić information content (AvgIpc) is 2.50. The molecule has 2 aromatic carbocycles. The van der Waals surface area contributed by atoms with Crippen LogP contribution in [0, 0.1) is 0 Å². The second-order valence-electron chi connectivity index (χ2n) is 5.19. The molecule has 0 aliphatic rings. The van der Waals surface area contributed by atoms with Crippen LogP contribution in [0.25, 0.3) is 0 Å². The van der Waals surface area contributed by atoms with Gasteiger partial charge in [-0.25, -0.2) is 0 Å². The molecule has 4 heteroatoms. The van der Waals surface area contributed by atoms with E-state index in [4.69, 9.17) is 5.73 Å². The first-order valence-electron chi connectivity index (χ1n) is 7.40. The van der Waals surface area contributed by atoms with E-state index >= 15 is 0 Å². The molecule has 3 nitrogen and oxygen atoms in total. The Hall–Kier alpha value is -2.00. The molecule has 0 bridgehead atoms. The largest absolute Gasteiger partial charge is 0.399 e. The lowest BCUT2D eigenvalue weighted by molar-refractivity contribution is 0.0954. The summed E-state index contributed by atoms with van der Waals surface area (Å²) in [5.74, 6) is -0.0199. The van der Waals surface area contributed by atoms with Crippen LogP contribution in [-0.4, -0.2) is 12.5 Å². The third-order valence-electron chi connectivity index (χ3n) is 3.43. The molecule has 0 aliphatic carbocycles. The maximum absolute atomic E-state index is 12.0. The minimum Gasteiger partial charge on any atom is -0.399 e. The van der Waals surface area contributed by atoms with E-state index in [1.54, 1.807) is 0 Å². The van der Waals surface area contributed by atoms with E-state index < -0.39 is 0 Å². The summed E-state index contributed by atoms with van der Waals surface area (Å²) < 4.78 is 0. The lowest BCUT2D eigenvalue weighted by Gasteiger charge is -2.06. The summed E-state index contributed by atoms with van der Waals surface area (Å²) in [5.41, 5.74) is 9.56. The number of hydrogen-bond donors (Lipinski definition) is 2. The van der Waals surface area contributed by atoms with Crippen molar-refractivity contribution in [3.8, 4) is 0 Å². The number of carbonyl (C=O) groups is 1. The summed E-state index contributed by atoms with van der Waals surface area (Å²) in [6.07, 6.45) is 2.98. The lowest BCUT2D eigenvalue weighted by Crippen LogP contribution is -2.25. The van der Waals surface area contributed by atoms with Gasteiger partial charge in [0.25, 0.3) is 5.91 Å². The van der Waals surface area contributed by atoms with E-state index in [1.807, 2.05) is 48.5 Å². The summed E-state index contributed by atoms with van der Waals surface area (Å²) in [6, 6.07) is 15.6.